The van der Waals surface area contributed by atoms with Crippen LogP contribution in [0.5, 0.6) is 0 Å². The molecular weight excluding hydrogens is 449 g/mol. The van der Waals surface area contributed by atoms with Crippen LogP contribution in [-0.4, -0.2) is 43.1 Å². The maximum absolute atomic E-state index is 13.0. The molecule has 10 heteroatoms. The van der Waals surface area contributed by atoms with Gasteiger partial charge in [-0.25, -0.2) is 0 Å². The summed E-state index contributed by atoms with van der Waals surface area (Å²) in [6.07, 6.45) is -2.71. The molecule has 1 fully saturated rings. The Morgan fingerprint density at radius 1 is 1.15 bits per heavy atom. The number of hydrogen-bond acceptors (Lipinski definition) is 5. The summed E-state index contributed by atoms with van der Waals surface area (Å²) in [5.74, 6) is -0.283. The molecule has 0 bridgehead atoms. The van der Waals surface area contributed by atoms with Crippen molar-refractivity contribution in [2.24, 2.45) is 5.92 Å². The second-order valence-electron chi connectivity index (χ2n) is 8.89. The Hall–Kier alpha value is -3.30. The van der Waals surface area contributed by atoms with E-state index in [-0.39, 0.29) is 17.5 Å². The zero-order valence-electron chi connectivity index (χ0n) is 18.8. The summed E-state index contributed by atoms with van der Waals surface area (Å²) in [7, 11) is 0. The van der Waals surface area contributed by atoms with E-state index in [4.69, 9.17) is 0 Å². The molecular formula is C24H27F3N4O3. The number of alkyl halides is 3. The number of para-hydroxylation sites is 1. The van der Waals surface area contributed by atoms with Crippen molar-refractivity contribution < 1.29 is 22.9 Å². The summed E-state index contributed by atoms with van der Waals surface area (Å²) >= 11 is 0. The molecule has 0 aromatic heterocycles. The minimum Gasteiger partial charge on any atom is -0.367 e. The predicted octanol–water partition coefficient (Wildman–Crippen LogP) is 4.40. The molecule has 34 heavy (non-hydrogen) atoms. The van der Waals surface area contributed by atoms with Crippen molar-refractivity contribution in [3.05, 3.63) is 63.7 Å². The number of amides is 1. The standard InChI is InChI=1S/C24H27F3N4O3/c1-16-14-18-4-2-3-5-20(18)30(16)13-10-28-23(32)17-8-11-29(12-9-17)21-7-6-19(24(25,26)27)15-22(21)31(33)34/h2-7,15-17H,8-14H2,1H3,(H,28,32). The summed E-state index contributed by atoms with van der Waals surface area (Å²) in [6, 6.07) is 11.2. The van der Waals surface area contributed by atoms with Gasteiger partial charge in [0.1, 0.15) is 5.69 Å². The van der Waals surface area contributed by atoms with Crippen molar-refractivity contribution in [3.8, 4) is 0 Å². The second kappa shape index (κ2) is 9.52. The van der Waals surface area contributed by atoms with Crippen LogP contribution < -0.4 is 15.1 Å². The maximum Gasteiger partial charge on any atom is 0.416 e. The van der Waals surface area contributed by atoms with E-state index in [0.29, 0.717) is 51.1 Å². The molecule has 0 radical (unpaired) electrons. The second-order valence-corrected chi connectivity index (χ2v) is 8.89. The fraction of sp³-hybridized carbons (Fsp3) is 0.458. The van der Waals surface area contributed by atoms with Gasteiger partial charge in [-0.05, 0) is 49.9 Å². The number of nitrogens with one attached hydrogen (secondary N) is 1. The minimum absolute atomic E-state index is 0.0540. The van der Waals surface area contributed by atoms with Gasteiger partial charge in [0.2, 0.25) is 5.91 Å². The van der Waals surface area contributed by atoms with Gasteiger partial charge in [-0.2, -0.15) is 13.2 Å². The normalized spacial score (nSPS) is 18.6. The van der Waals surface area contributed by atoms with Crippen molar-refractivity contribution in [2.45, 2.75) is 38.4 Å². The average molecular weight is 476 g/mol. The molecule has 0 spiro atoms. The maximum atomic E-state index is 13.0. The monoisotopic (exact) mass is 476 g/mol. The highest BCUT2D eigenvalue weighted by atomic mass is 19.4. The molecule has 4 rings (SSSR count). The first-order chi connectivity index (χ1) is 16.1. The third-order valence-corrected chi connectivity index (χ3v) is 6.71. The molecule has 182 valence electrons. The van der Waals surface area contributed by atoms with Gasteiger partial charge in [-0.3, -0.25) is 14.9 Å². The highest BCUT2D eigenvalue weighted by Gasteiger charge is 2.35. The van der Waals surface area contributed by atoms with Crippen molar-refractivity contribution >= 4 is 23.0 Å². The van der Waals surface area contributed by atoms with Gasteiger partial charge in [0.15, 0.2) is 0 Å². The lowest BCUT2D eigenvalue weighted by Gasteiger charge is -2.33. The first-order valence-electron chi connectivity index (χ1n) is 11.4. The zero-order chi connectivity index (χ0) is 24.5. The minimum atomic E-state index is -4.65. The Morgan fingerprint density at radius 2 is 1.85 bits per heavy atom. The number of anilines is 2. The van der Waals surface area contributed by atoms with Gasteiger partial charge in [0.05, 0.1) is 10.5 Å². The van der Waals surface area contributed by atoms with Crippen molar-refractivity contribution in [1.82, 2.24) is 5.32 Å². The topological polar surface area (TPSA) is 78.7 Å². The number of nitro benzene ring substituents is 1. The number of hydrogen-bond donors (Lipinski definition) is 1. The predicted molar refractivity (Wildman–Crippen MR) is 123 cm³/mol. The Morgan fingerprint density at radius 3 is 2.53 bits per heavy atom. The third-order valence-electron chi connectivity index (χ3n) is 6.71. The van der Waals surface area contributed by atoms with Crippen molar-refractivity contribution in [2.75, 3.05) is 36.0 Å². The lowest BCUT2D eigenvalue weighted by Crippen LogP contribution is -2.43. The van der Waals surface area contributed by atoms with Crippen LogP contribution in [-0.2, 0) is 17.4 Å². The van der Waals surface area contributed by atoms with E-state index in [2.05, 4.69) is 29.3 Å². The Labute approximate surface area is 195 Å². The lowest BCUT2D eigenvalue weighted by molar-refractivity contribution is -0.384. The smallest absolute Gasteiger partial charge is 0.367 e. The van der Waals surface area contributed by atoms with Crippen LogP contribution in [0, 0.1) is 16.0 Å². The molecule has 2 aromatic carbocycles. The lowest BCUT2D eigenvalue weighted by atomic mass is 9.95. The SMILES string of the molecule is CC1Cc2ccccc2N1CCNC(=O)C1CCN(c2ccc(C(F)(F)F)cc2[N+](=O)[O-])CC1. The van der Waals surface area contributed by atoms with E-state index in [9.17, 15) is 28.1 Å². The van der Waals surface area contributed by atoms with Gasteiger partial charge >= 0.3 is 6.18 Å². The number of carbonyl (C=O) groups excluding carboxylic acids is 1. The number of rotatable bonds is 6. The van der Waals surface area contributed by atoms with Crippen LogP contribution in [0.4, 0.5) is 30.2 Å². The molecule has 2 heterocycles. The first kappa shape index (κ1) is 23.8. The van der Waals surface area contributed by atoms with E-state index in [0.717, 1.165) is 18.6 Å². The van der Waals surface area contributed by atoms with Crippen LogP contribution in [0.3, 0.4) is 0 Å². The summed E-state index contributed by atoms with van der Waals surface area (Å²) in [5.41, 5.74) is 1.05. The van der Waals surface area contributed by atoms with E-state index in [1.54, 1.807) is 4.90 Å². The number of nitrogens with zero attached hydrogens (tertiary/aromatic N) is 3. The van der Waals surface area contributed by atoms with E-state index < -0.39 is 22.4 Å². The molecule has 7 nitrogen and oxygen atoms in total. The molecule has 2 aromatic rings. The van der Waals surface area contributed by atoms with Crippen LogP contribution in [0.25, 0.3) is 0 Å². The average Bonchev–Trinajstić information content (AvgIpc) is 3.13. The van der Waals surface area contributed by atoms with Gasteiger partial charge in [0, 0.05) is 49.9 Å². The number of benzene rings is 2. The van der Waals surface area contributed by atoms with Crippen LogP contribution in [0.1, 0.15) is 30.9 Å². The van der Waals surface area contributed by atoms with Gasteiger partial charge < -0.3 is 15.1 Å². The Bertz CT molecular complexity index is 1070. The number of halogens is 3. The summed E-state index contributed by atoms with van der Waals surface area (Å²) in [6.45, 7) is 4.11. The number of piperidine rings is 1. The van der Waals surface area contributed by atoms with Gasteiger partial charge in [-0.15, -0.1) is 0 Å². The molecule has 1 N–H and O–H groups in total. The molecule has 0 aliphatic carbocycles. The van der Waals surface area contributed by atoms with Crippen LogP contribution in [0.2, 0.25) is 0 Å². The molecule has 1 atom stereocenters. The molecule has 1 amide bonds. The van der Waals surface area contributed by atoms with E-state index in [1.165, 1.54) is 11.3 Å². The molecule has 2 aliphatic rings. The summed E-state index contributed by atoms with van der Waals surface area (Å²) in [4.78, 5) is 27.3. The Balaban J connectivity index is 1.31. The van der Waals surface area contributed by atoms with Crippen molar-refractivity contribution in [1.29, 1.82) is 0 Å². The van der Waals surface area contributed by atoms with Gasteiger partial charge in [-0.1, -0.05) is 18.2 Å². The van der Waals surface area contributed by atoms with Crippen LogP contribution >= 0.6 is 0 Å². The summed E-state index contributed by atoms with van der Waals surface area (Å²) < 4.78 is 38.9. The molecule has 1 unspecified atom stereocenters. The number of fused-ring (bicyclic) bond motifs is 1. The van der Waals surface area contributed by atoms with Crippen molar-refractivity contribution in [3.63, 3.8) is 0 Å². The largest absolute Gasteiger partial charge is 0.416 e. The zero-order valence-corrected chi connectivity index (χ0v) is 18.8. The summed E-state index contributed by atoms with van der Waals surface area (Å²) in [5, 5.41) is 14.4. The molecule has 2 aliphatic heterocycles. The van der Waals surface area contributed by atoms with E-state index >= 15 is 0 Å². The molecule has 1 saturated heterocycles. The van der Waals surface area contributed by atoms with Crippen LogP contribution in [0.15, 0.2) is 42.5 Å². The molecule has 0 saturated carbocycles. The highest BCUT2D eigenvalue weighted by molar-refractivity contribution is 5.79. The number of nitro groups is 1. The quantitative estimate of drug-likeness (QED) is 0.494. The fourth-order valence-electron chi connectivity index (χ4n) is 4.91. The third kappa shape index (κ3) is 4.95. The fourth-order valence-corrected chi connectivity index (χ4v) is 4.91. The number of carbonyl (C=O) groups is 1. The highest BCUT2D eigenvalue weighted by Crippen LogP contribution is 2.38. The van der Waals surface area contributed by atoms with Gasteiger partial charge in [0.25, 0.3) is 5.69 Å². The first-order valence-corrected chi connectivity index (χ1v) is 11.4. The van der Waals surface area contributed by atoms with E-state index in [1.807, 2.05) is 12.1 Å². The Kier molecular flexibility index (Phi) is 6.67.